The van der Waals surface area contributed by atoms with E-state index in [1.165, 1.54) is 0 Å². The normalized spacial score (nSPS) is 11.3. The average molecular weight is 549 g/mol. The highest BCUT2D eigenvalue weighted by Gasteiger charge is 1.96. The van der Waals surface area contributed by atoms with Crippen LogP contribution in [0.2, 0.25) is 0 Å². The molecule has 222 valence electrons. The molecule has 1 aromatic carbocycles. The molecule has 0 radical (unpaired) electrons. The third-order valence-electron chi connectivity index (χ3n) is 4.61. The second-order valence-corrected chi connectivity index (χ2v) is 7.72. The summed E-state index contributed by atoms with van der Waals surface area (Å²) in [6.07, 6.45) is 0. The second kappa shape index (κ2) is 28.4. The fraction of sp³-hybridized carbons (Fsp3) is 0.769. The van der Waals surface area contributed by atoms with Crippen molar-refractivity contribution in [3.05, 3.63) is 24.3 Å². The van der Waals surface area contributed by atoms with E-state index in [4.69, 9.17) is 58.8 Å². The number of rotatable bonds is 30. The molecular formula is C26H48N2O10. The highest BCUT2D eigenvalue weighted by atomic mass is 16.6. The van der Waals surface area contributed by atoms with E-state index < -0.39 is 0 Å². The third kappa shape index (κ3) is 24.7. The molecule has 1 aromatic rings. The minimum absolute atomic E-state index is 0.478. The lowest BCUT2D eigenvalue weighted by Crippen LogP contribution is -2.15. The Morgan fingerprint density at radius 2 is 0.632 bits per heavy atom. The first kappa shape index (κ1) is 34.4. The third-order valence-corrected chi connectivity index (χ3v) is 4.61. The zero-order chi connectivity index (χ0) is 27.2. The van der Waals surface area contributed by atoms with E-state index in [1.807, 2.05) is 12.1 Å². The predicted octanol–water partition coefficient (Wildman–Crippen LogP) is 0.756. The lowest BCUT2D eigenvalue weighted by molar-refractivity contribution is -0.0252. The Labute approximate surface area is 227 Å². The van der Waals surface area contributed by atoms with E-state index in [-0.39, 0.29) is 0 Å². The van der Waals surface area contributed by atoms with Crippen molar-refractivity contribution in [2.45, 2.75) is 0 Å². The summed E-state index contributed by atoms with van der Waals surface area (Å²) in [4.78, 5) is 0. The van der Waals surface area contributed by atoms with Gasteiger partial charge in [0.1, 0.15) is 12.4 Å². The minimum Gasteiger partial charge on any atom is -0.491 e. The van der Waals surface area contributed by atoms with Crippen molar-refractivity contribution in [1.82, 2.24) is 0 Å². The smallest absolute Gasteiger partial charge is 0.119 e. The molecule has 0 aliphatic heterocycles. The second-order valence-electron chi connectivity index (χ2n) is 7.72. The van der Waals surface area contributed by atoms with Crippen molar-refractivity contribution in [2.75, 3.05) is 138 Å². The number of hydrogen-bond donors (Lipinski definition) is 2. The van der Waals surface area contributed by atoms with Gasteiger partial charge in [0.25, 0.3) is 0 Å². The maximum Gasteiger partial charge on any atom is 0.119 e. The summed E-state index contributed by atoms with van der Waals surface area (Å²) >= 11 is 0. The summed E-state index contributed by atoms with van der Waals surface area (Å²) in [5.41, 5.74) is 11.7. The topological polar surface area (TPSA) is 144 Å². The first-order valence-corrected chi connectivity index (χ1v) is 13.2. The van der Waals surface area contributed by atoms with E-state index in [1.54, 1.807) is 12.1 Å². The van der Waals surface area contributed by atoms with Crippen LogP contribution in [0.1, 0.15) is 0 Å². The molecule has 12 heteroatoms. The number of hydrogen-bond acceptors (Lipinski definition) is 12. The minimum atomic E-state index is 0.478. The predicted molar refractivity (Wildman–Crippen MR) is 143 cm³/mol. The van der Waals surface area contributed by atoms with Crippen LogP contribution in [0.25, 0.3) is 0 Å². The Bertz CT molecular complexity index is 598. The van der Waals surface area contributed by atoms with E-state index in [9.17, 15) is 0 Å². The van der Waals surface area contributed by atoms with Gasteiger partial charge in [-0.05, 0) is 24.3 Å². The number of nitrogens with two attached hydrogens (primary N) is 2. The zero-order valence-corrected chi connectivity index (χ0v) is 22.7. The molecule has 4 N–H and O–H groups in total. The summed E-state index contributed by atoms with van der Waals surface area (Å²) in [6, 6.07) is 7.26. The maximum absolute atomic E-state index is 5.63. The van der Waals surface area contributed by atoms with Gasteiger partial charge in [-0.2, -0.15) is 0 Å². The molecule has 0 saturated heterocycles. The monoisotopic (exact) mass is 548 g/mol. The van der Waals surface area contributed by atoms with Gasteiger partial charge in [-0.1, -0.05) is 0 Å². The highest BCUT2D eigenvalue weighted by Crippen LogP contribution is 2.12. The Hall–Kier alpha value is -1.58. The molecule has 0 amide bonds. The summed E-state index contributed by atoms with van der Waals surface area (Å²) in [5.74, 6) is 0.773. The summed E-state index contributed by atoms with van der Waals surface area (Å²) < 4.78 is 54.2. The largest absolute Gasteiger partial charge is 0.491 e. The van der Waals surface area contributed by atoms with Gasteiger partial charge in [0.2, 0.25) is 0 Å². The lowest BCUT2D eigenvalue weighted by atomic mass is 10.3. The van der Waals surface area contributed by atoms with Gasteiger partial charge in [0.05, 0.1) is 119 Å². The van der Waals surface area contributed by atoms with Crippen LogP contribution in [0.5, 0.6) is 5.75 Å². The molecule has 0 saturated carbocycles. The van der Waals surface area contributed by atoms with Gasteiger partial charge in [0, 0.05) is 12.2 Å². The standard InChI is InChI=1S/C26H48N2O10/c27-5-6-29-7-8-30-9-10-31-11-12-32-13-14-33-15-16-34-17-18-35-19-20-36-21-22-37-23-24-38-26-3-1-25(28)2-4-26/h1-4H,5-24,27-28H2. The molecule has 0 unspecified atom stereocenters. The molecule has 0 atom stereocenters. The average Bonchev–Trinajstić information content (AvgIpc) is 2.93. The van der Waals surface area contributed by atoms with Crippen LogP contribution in [0, 0.1) is 0 Å². The quantitative estimate of drug-likeness (QED) is 0.103. The van der Waals surface area contributed by atoms with Gasteiger partial charge < -0.3 is 58.8 Å². The molecule has 12 nitrogen and oxygen atoms in total. The van der Waals surface area contributed by atoms with Crippen LogP contribution < -0.4 is 16.2 Å². The molecule has 0 fully saturated rings. The fourth-order valence-corrected chi connectivity index (χ4v) is 2.73. The maximum atomic E-state index is 5.63. The molecule has 38 heavy (non-hydrogen) atoms. The molecular weight excluding hydrogens is 500 g/mol. The molecule has 0 heterocycles. The first-order valence-electron chi connectivity index (χ1n) is 13.2. The van der Waals surface area contributed by atoms with E-state index in [2.05, 4.69) is 0 Å². The summed E-state index contributed by atoms with van der Waals surface area (Å²) in [7, 11) is 0. The summed E-state index contributed by atoms with van der Waals surface area (Å²) in [6.45, 7) is 10.4. The van der Waals surface area contributed by atoms with Crippen molar-refractivity contribution in [3.8, 4) is 5.75 Å². The van der Waals surface area contributed by atoms with Crippen molar-refractivity contribution < 1.29 is 47.4 Å². The van der Waals surface area contributed by atoms with Crippen molar-refractivity contribution in [1.29, 1.82) is 0 Å². The Morgan fingerprint density at radius 1 is 0.368 bits per heavy atom. The molecule has 0 spiro atoms. The number of nitrogen functional groups attached to an aromatic ring is 1. The van der Waals surface area contributed by atoms with Crippen molar-refractivity contribution in [2.24, 2.45) is 5.73 Å². The van der Waals surface area contributed by atoms with E-state index >= 15 is 0 Å². The molecule has 1 rings (SSSR count). The Kier molecular flexibility index (Phi) is 25.8. The zero-order valence-electron chi connectivity index (χ0n) is 22.7. The summed E-state index contributed by atoms with van der Waals surface area (Å²) in [5, 5.41) is 0. The van der Waals surface area contributed by atoms with Crippen molar-refractivity contribution in [3.63, 3.8) is 0 Å². The van der Waals surface area contributed by atoms with Crippen LogP contribution >= 0.6 is 0 Å². The Balaban J connectivity index is 1.64. The van der Waals surface area contributed by atoms with E-state index in [0.717, 1.165) is 5.75 Å². The van der Waals surface area contributed by atoms with Gasteiger partial charge in [0.15, 0.2) is 0 Å². The SMILES string of the molecule is NCCOCCOCCOCCOCCOCCOCCOCCOCCOCCOc1ccc(N)cc1. The van der Waals surface area contributed by atoms with Crippen LogP contribution in [-0.2, 0) is 42.6 Å². The Morgan fingerprint density at radius 3 is 0.921 bits per heavy atom. The van der Waals surface area contributed by atoms with Gasteiger partial charge >= 0.3 is 0 Å². The van der Waals surface area contributed by atoms with Crippen LogP contribution in [0.4, 0.5) is 5.69 Å². The number of benzene rings is 1. The molecule has 0 bridgehead atoms. The van der Waals surface area contributed by atoms with Gasteiger partial charge in [-0.25, -0.2) is 0 Å². The van der Waals surface area contributed by atoms with Crippen LogP contribution in [0.15, 0.2) is 24.3 Å². The molecule has 0 aliphatic rings. The van der Waals surface area contributed by atoms with Crippen LogP contribution in [0.3, 0.4) is 0 Å². The van der Waals surface area contributed by atoms with Gasteiger partial charge in [-0.15, -0.1) is 0 Å². The highest BCUT2D eigenvalue weighted by molar-refractivity contribution is 5.41. The fourth-order valence-electron chi connectivity index (χ4n) is 2.73. The molecule has 0 aromatic heterocycles. The first-order chi connectivity index (χ1) is 18.8. The van der Waals surface area contributed by atoms with Crippen LogP contribution in [-0.4, -0.2) is 132 Å². The molecule has 0 aliphatic carbocycles. The lowest BCUT2D eigenvalue weighted by Gasteiger charge is -2.09. The number of ether oxygens (including phenoxy) is 10. The number of anilines is 1. The van der Waals surface area contributed by atoms with Crippen molar-refractivity contribution >= 4 is 5.69 Å². The van der Waals surface area contributed by atoms with Gasteiger partial charge in [-0.3, -0.25) is 0 Å². The van der Waals surface area contributed by atoms with E-state index in [0.29, 0.717) is 138 Å².